The largest absolute Gasteiger partial charge is 0.450 e. The minimum atomic E-state index is -0.182. The molecule has 13 heavy (non-hydrogen) atoms. The van der Waals surface area contributed by atoms with Gasteiger partial charge in [-0.2, -0.15) is 0 Å². The molecular weight excluding hydrogens is 168 g/mol. The zero-order valence-electron chi connectivity index (χ0n) is 8.38. The van der Waals surface area contributed by atoms with Crippen LogP contribution in [0.5, 0.6) is 0 Å². The SMILES string of the molecule is CCOC(=O)N1CCCNC(C)C1. The normalized spacial score (nSPS) is 23.8. The van der Waals surface area contributed by atoms with Gasteiger partial charge in [0, 0.05) is 19.1 Å². The van der Waals surface area contributed by atoms with Crippen LogP contribution in [-0.4, -0.2) is 43.3 Å². The summed E-state index contributed by atoms with van der Waals surface area (Å²) in [4.78, 5) is 13.1. The fourth-order valence-electron chi connectivity index (χ4n) is 1.49. The molecule has 0 aromatic rings. The van der Waals surface area contributed by atoms with Crippen LogP contribution >= 0.6 is 0 Å². The molecule has 0 aliphatic carbocycles. The van der Waals surface area contributed by atoms with Gasteiger partial charge >= 0.3 is 6.09 Å². The van der Waals surface area contributed by atoms with Crippen molar-refractivity contribution < 1.29 is 9.53 Å². The van der Waals surface area contributed by atoms with Gasteiger partial charge in [-0.15, -0.1) is 0 Å². The number of rotatable bonds is 1. The number of ether oxygens (including phenoxy) is 1. The smallest absolute Gasteiger partial charge is 0.409 e. The number of hydrogen-bond acceptors (Lipinski definition) is 3. The molecule has 1 aliphatic rings. The van der Waals surface area contributed by atoms with Crippen LogP contribution in [0.4, 0.5) is 4.79 Å². The topological polar surface area (TPSA) is 41.6 Å². The highest BCUT2D eigenvalue weighted by Crippen LogP contribution is 2.02. The summed E-state index contributed by atoms with van der Waals surface area (Å²) in [6.45, 7) is 6.90. The molecule has 1 saturated heterocycles. The maximum Gasteiger partial charge on any atom is 0.409 e. The van der Waals surface area contributed by atoms with Gasteiger partial charge in [-0.05, 0) is 26.8 Å². The average Bonchev–Trinajstić information content (AvgIpc) is 2.30. The minimum Gasteiger partial charge on any atom is -0.450 e. The maximum atomic E-state index is 11.4. The zero-order valence-corrected chi connectivity index (χ0v) is 8.38. The summed E-state index contributed by atoms with van der Waals surface area (Å²) in [6.07, 6.45) is 0.821. The molecule has 1 heterocycles. The summed E-state index contributed by atoms with van der Waals surface area (Å²) in [7, 11) is 0. The fourth-order valence-corrected chi connectivity index (χ4v) is 1.49. The Kier molecular flexibility index (Phi) is 4.02. The highest BCUT2D eigenvalue weighted by Gasteiger charge is 2.19. The first kappa shape index (κ1) is 10.3. The van der Waals surface area contributed by atoms with E-state index in [4.69, 9.17) is 4.74 Å². The van der Waals surface area contributed by atoms with Crippen LogP contribution < -0.4 is 5.32 Å². The monoisotopic (exact) mass is 186 g/mol. The Morgan fingerprint density at radius 3 is 3.15 bits per heavy atom. The van der Waals surface area contributed by atoms with E-state index in [1.807, 2.05) is 6.92 Å². The molecule has 1 N–H and O–H groups in total. The first-order valence-electron chi connectivity index (χ1n) is 4.89. The Balaban J connectivity index is 2.42. The van der Waals surface area contributed by atoms with Crippen LogP contribution in [0.3, 0.4) is 0 Å². The van der Waals surface area contributed by atoms with Crippen LogP contribution in [0.15, 0.2) is 0 Å². The standard InChI is InChI=1S/C9H18N2O2/c1-3-13-9(12)11-6-4-5-10-8(2)7-11/h8,10H,3-7H2,1-2H3. The number of carbonyl (C=O) groups excluding carboxylic acids is 1. The lowest BCUT2D eigenvalue weighted by atomic mass is 10.3. The summed E-state index contributed by atoms with van der Waals surface area (Å²) >= 11 is 0. The molecule has 1 rings (SSSR count). The average molecular weight is 186 g/mol. The Morgan fingerprint density at radius 1 is 1.69 bits per heavy atom. The lowest BCUT2D eigenvalue weighted by molar-refractivity contribution is 0.107. The van der Waals surface area contributed by atoms with Gasteiger partial charge in [-0.1, -0.05) is 0 Å². The van der Waals surface area contributed by atoms with Gasteiger partial charge in [-0.25, -0.2) is 4.79 Å². The molecule has 0 radical (unpaired) electrons. The second kappa shape index (κ2) is 5.07. The van der Waals surface area contributed by atoms with Gasteiger partial charge in [-0.3, -0.25) is 0 Å². The molecule has 1 atom stereocenters. The predicted octanol–water partition coefficient (Wildman–Crippen LogP) is 0.827. The highest BCUT2D eigenvalue weighted by molar-refractivity contribution is 5.67. The van der Waals surface area contributed by atoms with Gasteiger partial charge in [0.2, 0.25) is 0 Å². The van der Waals surface area contributed by atoms with Crippen molar-refractivity contribution in [3.8, 4) is 0 Å². The van der Waals surface area contributed by atoms with Crippen molar-refractivity contribution in [2.75, 3.05) is 26.2 Å². The van der Waals surface area contributed by atoms with E-state index in [0.717, 1.165) is 26.1 Å². The third-order valence-corrected chi connectivity index (χ3v) is 2.12. The van der Waals surface area contributed by atoms with Gasteiger partial charge in [0.1, 0.15) is 0 Å². The van der Waals surface area contributed by atoms with Crippen molar-refractivity contribution in [3.05, 3.63) is 0 Å². The molecule has 0 saturated carbocycles. The molecule has 76 valence electrons. The van der Waals surface area contributed by atoms with E-state index in [9.17, 15) is 4.79 Å². The van der Waals surface area contributed by atoms with Crippen molar-refractivity contribution in [2.24, 2.45) is 0 Å². The fraction of sp³-hybridized carbons (Fsp3) is 0.889. The number of hydrogen-bond donors (Lipinski definition) is 1. The lowest BCUT2D eigenvalue weighted by Gasteiger charge is -2.21. The Morgan fingerprint density at radius 2 is 2.46 bits per heavy atom. The van der Waals surface area contributed by atoms with E-state index < -0.39 is 0 Å². The Bertz CT molecular complexity index is 173. The highest BCUT2D eigenvalue weighted by atomic mass is 16.6. The summed E-state index contributed by atoms with van der Waals surface area (Å²) in [5.74, 6) is 0. The minimum absolute atomic E-state index is 0.182. The summed E-state index contributed by atoms with van der Waals surface area (Å²) < 4.78 is 4.94. The number of amides is 1. The summed E-state index contributed by atoms with van der Waals surface area (Å²) in [6, 6.07) is 0.368. The molecule has 0 aromatic heterocycles. The molecule has 1 amide bonds. The first-order chi connectivity index (χ1) is 6.24. The summed E-state index contributed by atoms with van der Waals surface area (Å²) in [5, 5.41) is 3.32. The second-order valence-electron chi connectivity index (χ2n) is 3.35. The van der Waals surface area contributed by atoms with E-state index in [0.29, 0.717) is 12.6 Å². The van der Waals surface area contributed by atoms with Crippen molar-refractivity contribution >= 4 is 6.09 Å². The van der Waals surface area contributed by atoms with Crippen molar-refractivity contribution in [1.82, 2.24) is 10.2 Å². The quantitative estimate of drug-likeness (QED) is 0.659. The predicted molar refractivity (Wildman–Crippen MR) is 50.7 cm³/mol. The van der Waals surface area contributed by atoms with E-state index in [1.54, 1.807) is 4.90 Å². The molecule has 4 nitrogen and oxygen atoms in total. The third-order valence-electron chi connectivity index (χ3n) is 2.12. The molecule has 0 aromatic carbocycles. The molecular formula is C9H18N2O2. The van der Waals surface area contributed by atoms with Crippen molar-refractivity contribution in [3.63, 3.8) is 0 Å². The van der Waals surface area contributed by atoms with E-state index >= 15 is 0 Å². The molecule has 4 heteroatoms. The zero-order chi connectivity index (χ0) is 9.68. The van der Waals surface area contributed by atoms with Crippen molar-refractivity contribution in [2.45, 2.75) is 26.3 Å². The maximum absolute atomic E-state index is 11.4. The van der Waals surface area contributed by atoms with E-state index in [-0.39, 0.29) is 6.09 Å². The van der Waals surface area contributed by atoms with Crippen molar-refractivity contribution in [1.29, 1.82) is 0 Å². The Hall–Kier alpha value is -0.770. The molecule has 0 spiro atoms. The third kappa shape index (κ3) is 3.22. The van der Waals surface area contributed by atoms with Crippen LogP contribution in [0.2, 0.25) is 0 Å². The van der Waals surface area contributed by atoms with Crippen LogP contribution in [0.25, 0.3) is 0 Å². The molecule has 0 bridgehead atoms. The number of carbonyl (C=O) groups is 1. The first-order valence-corrected chi connectivity index (χ1v) is 4.89. The van der Waals surface area contributed by atoms with Crippen LogP contribution in [0, 0.1) is 0 Å². The lowest BCUT2D eigenvalue weighted by Crippen LogP contribution is -2.39. The molecule has 1 fully saturated rings. The molecule has 1 unspecified atom stereocenters. The number of nitrogens with zero attached hydrogens (tertiary/aromatic N) is 1. The van der Waals surface area contributed by atoms with Gasteiger partial charge < -0.3 is 15.0 Å². The van der Waals surface area contributed by atoms with Crippen LogP contribution in [-0.2, 0) is 4.74 Å². The summed E-state index contributed by atoms with van der Waals surface area (Å²) in [5.41, 5.74) is 0. The van der Waals surface area contributed by atoms with E-state index in [2.05, 4.69) is 12.2 Å². The Labute approximate surface area is 79.2 Å². The van der Waals surface area contributed by atoms with Crippen LogP contribution in [0.1, 0.15) is 20.3 Å². The van der Waals surface area contributed by atoms with Gasteiger partial charge in [0.25, 0.3) is 0 Å². The molecule has 1 aliphatic heterocycles. The van der Waals surface area contributed by atoms with Gasteiger partial charge in [0.05, 0.1) is 6.61 Å². The van der Waals surface area contributed by atoms with Gasteiger partial charge in [0.15, 0.2) is 0 Å². The number of nitrogens with one attached hydrogen (secondary N) is 1. The van der Waals surface area contributed by atoms with E-state index in [1.165, 1.54) is 0 Å². The second-order valence-corrected chi connectivity index (χ2v) is 3.35.